The van der Waals surface area contributed by atoms with E-state index in [9.17, 15) is 14.9 Å². The number of nitrogens with zero attached hydrogens (tertiary/aromatic N) is 1. The summed E-state index contributed by atoms with van der Waals surface area (Å²) in [6, 6.07) is 9.58. The Labute approximate surface area is 119 Å². The number of nitro groups is 1. The van der Waals surface area contributed by atoms with Gasteiger partial charge in [-0.2, -0.15) is 0 Å². The molecule has 0 spiro atoms. The first-order valence-electron chi connectivity index (χ1n) is 5.68. The lowest BCUT2D eigenvalue weighted by Crippen LogP contribution is -2.21. The van der Waals surface area contributed by atoms with Crippen molar-refractivity contribution < 1.29 is 14.5 Å². The number of thiophene rings is 1. The molecule has 1 radical (unpaired) electrons. The number of hydrogen-bond acceptors (Lipinski definition) is 5. The third kappa shape index (κ3) is 4.06. The zero-order valence-electron chi connectivity index (χ0n) is 10.3. The normalized spacial score (nSPS) is 10.0. The van der Waals surface area contributed by atoms with Gasteiger partial charge in [-0.05, 0) is 29.1 Å². The van der Waals surface area contributed by atoms with Crippen LogP contribution in [0.15, 0.2) is 41.8 Å². The summed E-state index contributed by atoms with van der Waals surface area (Å²) < 4.78 is 4.98. The minimum atomic E-state index is -0.572. The van der Waals surface area contributed by atoms with Crippen molar-refractivity contribution in [2.45, 2.75) is 6.61 Å². The Morgan fingerprint density at radius 3 is 2.70 bits per heavy atom. The molecule has 0 saturated carbocycles. The van der Waals surface area contributed by atoms with Crippen LogP contribution >= 0.6 is 11.3 Å². The maximum absolute atomic E-state index is 11.4. The second kappa shape index (κ2) is 6.67. The van der Waals surface area contributed by atoms with Gasteiger partial charge in [-0.15, -0.1) is 11.3 Å². The number of carbonyl (C=O) groups is 1. The standard InChI is InChI=1S/C13H11N2O4S/c16-13(14-8-12-2-1-7-20-12)19-9-10-3-5-11(6-4-10)15(17)18/h1-8H,9H2,(H,14,16). The highest BCUT2D eigenvalue weighted by atomic mass is 32.1. The first-order valence-corrected chi connectivity index (χ1v) is 6.56. The Morgan fingerprint density at radius 2 is 2.10 bits per heavy atom. The van der Waals surface area contributed by atoms with Gasteiger partial charge in [-0.1, -0.05) is 6.07 Å². The van der Waals surface area contributed by atoms with Crippen molar-refractivity contribution in [1.82, 2.24) is 5.32 Å². The molecule has 1 heterocycles. The molecule has 0 aliphatic heterocycles. The van der Waals surface area contributed by atoms with Gasteiger partial charge in [0.1, 0.15) is 6.61 Å². The van der Waals surface area contributed by atoms with Crippen molar-refractivity contribution in [3.05, 3.63) is 68.9 Å². The van der Waals surface area contributed by atoms with Gasteiger partial charge in [0.05, 0.1) is 11.5 Å². The summed E-state index contributed by atoms with van der Waals surface area (Å²) in [5, 5.41) is 14.9. The van der Waals surface area contributed by atoms with Crippen molar-refractivity contribution in [1.29, 1.82) is 0 Å². The van der Waals surface area contributed by atoms with E-state index in [1.165, 1.54) is 23.5 Å². The highest BCUT2D eigenvalue weighted by Crippen LogP contribution is 2.13. The van der Waals surface area contributed by atoms with Gasteiger partial charge < -0.3 is 10.1 Å². The predicted molar refractivity (Wildman–Crippen MR) is 74.1 cm³/mol. The lowest BCUT2D eigenvalue weighted by Gasteiger charge is -2.05. The number of nitrogens with one attached hydrogen (secondary N) is 1. The van der Waals surface area contributed by atoms with Gasteiger partial charge in [0.25, 0.3) is 5.69 Å². The van der Waals surface area contributed by atoms with Crippen LogP contribution in [0, 0.1) is 16.7 Å². The van der Waals surface area contributed by atoms with Crippen LogP contribution in [0.4, 0.5) is 10.5 Å². The Kier molecular flexibility index (Phi) is 4.67. The molecule has 2 rings (SSSR count). The molecule has 0 atom stereocenters. The van der Waals surface area contributed by atoms with Crippen LogP contribution in [-0.4, -0.2) is 11.0 Å². The maximum atomic E-state index is 11.4. The number of rotatable bonds is 5. The molecular formula is C13H11N2O4S. The minimum Gasteiger partial charge on any atom is -0.445 e. The Bertz CT molecular complexity index is 581. The van der Waals surface area contributed by atoms with E-state index in [1.807, 2.05) is 17.5 Å². The predicted octanol–water partition coefficient (Wildman–Crippen LogP) is 3.09. The van der Waals surface area contributed by atoms with E-state index in [2.05, 4.69) is 5.32 Å². The van der Waals surface area contributed by atoms with Gasteiger partial charge in [0, 0.05) is 17.0 Å². The third-order valence-corrected chi connectivity index (χ3v) is 3.21. The molecule has 1 amide bonds. The molecule has 0 bridgehead atoms. The topological polar surface area (TPSA) is 81.5 Å². The van der Waals surface area contributed by atoms with Crippen LogP contribution in [0.1, 0.15) is 10.4 Å². The number of benzene rings is 1. The molecule has 0 aliphatic carbocycles. The van der Waals surface area contributed by atoms with E-state index in [0.717, 1.165) is 4.88 Å². The molecule has 2 aromatic rings. The molecular weight excluding hydrogens is 280 g/mol. The van der Waals surface area contributed by atoms with Gasteiger partial charge in [0.2, 0.25) is 0 Å². The number of carbonyl (C=O) groups excluding carboxylic acids is 1. The van der Waals surface area contributed by atoms with E-state index >= 15 is 0 Å². The van der Waals surface area contributed by atoms with Crippen LogP contribution in [0.3, 0.4) is 0 Å². The molecule has 7 heteroatoms. The third-order valence-electron chi connectivity index (χ3n) is 2.39. The van der Waals surface area contributed by atoms with Crippen LogP contribution in [0.5, 0.6) is 0 Å². The largest absolute Gasteiger partial charge is 0.445 e. The van der Waals surface area contributed by atoms with E-state index in [-0.39, 0.29) is 12.3 Å². The molecule has 1 N–H and O–H groups in total. The first kappa shape index (κ1) is 14.0. The van der Waals surface area contributed by atoms with Crippen molar-refractivity contribution in [3.8, 4) is 0 Å². The van der Waals surface area contributed by atoms with Crippen LogP contribution < -0.4 is 5.32 Å². The molecule has 6 nitrogen and oxygen atoms in total. The van der Waals surface area contributed by atoms with E-state index in [1.54, 1.807) is 18.7 Å². The fraction of sp³-hybridized carbons (Fsp3) is 0.0769. The molecule has 103 valence electrons. The number of ether oxygens (including phenoxy) is 1. The maximum Gasteiger partial charge on any atom is 0.408 e. The average Bonchev–Trinajstić information content (AvgIpc) is 2.96. The van der Waals surface area contributed by atoms with Crippen molar-refractivity contribution >= 4 is 23.1 Å². The Balaban J connectivity index is 1.76. The van der Waals surface area contributed by atoms with Gasteiger partial charge in [-0.3, -0.25) is 10.1 Å². The average molecular weight is 291 g/mol. The number of non-ortho nitro benzene ring substituents is 1. The molecule has 0 aliphatic rings. The minimum absolute atomic E-state index is 0.00392. The highest BCUT2D eigenvalue weighted by molar-refractivity contribution is 7.10. The number of amides is 1. The molecule has 20 heavy (non-hydrogen) atoms. The first-order chi connectivity index (χ1) is 9.65. The van der Waals surface area contributed by atoms with Gasteiger partial charge in [-0.25, -0.2) is 4.79 Å². The van der Waals surface area contributed by atoms with Crippen molar-refractivity contribution in [2.24, 2.45) is 0 Å². The smallest absolute Gasteiger partial charge is 0.408 e. The Morgan fingerprint density at radius 1 is 1.35 bits per heavy atom. The SMILES string of the molecule is O=C(N[CH]c1cccs1)OCc1ccc([N+](=O)[O-])cc1. The second-order valence-corrected chi connectivity index (χ2v) is 4.78. The quantitative estimate of drug-likeness (QED) is 0.678. The van der Waals surface area contributed by atoms with E-state index < -0.39 is 11.0 Å². The summed E-state index contributed by atoms with van der Waals surface area (Å²) >= 11 is 1.49. The molecule has 0 fully saturated rings. The zero-order chi connectivity index (χ0) is 14.4. The lowest BCUT2D eigenvalue weighted by atomic mass is 10.2. The summed E-state index contributed by atoms with van der Waals surface area (Å²) in [5.41, 5.74) is 0.686. The molecule has 0 saturated heterocycles. The molecule has 0 unspecified atom stereocenters. The summed E-state index contributed by atoms with van der Waals surface area (Å²) in [7, 11) is 0. The fourth-order valence-corrected chi connectivity index (χ4v) is 2.01. The van der Waals surface area contributed by atoms with Crippen LogP contribution in [0.25, 0.3) is 0 Å². The van der Waals surface area contributed by atoms with E-state index in [0.29, 0.717) is 5.56 Å². The highest BCUT2D eigenvalue weighted by Gasteiger charge is 2.06. The van der Waals surface area contributed by atoms with Crippen LogP contribution in [0.2, 0.25) is 0 Å². The number of hydrogen-bond donors (Lipinski definition) is 1. The second-order valence-electron chi connectivity index (χ2n) is 3.80. The summed E-state index contributed by atoms with van der Waals surface area (Å²) in [5.74, 6) is 0. The summed E-state index contributed by atoms with van der Waals surface area (Å²) in [6.07, 6.45) is -0.572. The van der Waals surface area contributed by atoms with Crippen LogP contribution in [-0.2, 0) is 11.3 Å². The molecule has 1 aromatic carbocycles. The van der Waals surface area contributed by atoms with Crippen molar-refractivity contribution in [2.75, 3.05) is 0 Å². The van der Waals surface area contributed by atoms with Crippen molar-refractivity contribution in [3.63, 3.8) is 0 Å². The monoisotopic (exact) mass is 291 g/mol. The van der Waals surface area contributed by atoms with Gasteiger partial charge in [0.15, 0.2) is 0 Å². The fourth-order valence-electron chi connectivity index (χ4n) is 1.41. The van der Waals surface area contributed by atoms with Gasteiger partial charge >= 0.3 is 6.09 Å². The van der Waals surface area contributed by atoms with E-state index in [4.69, 9.17) is 4.74 Å². The number of nitro benzene ring substituents is 1. The zero-order valence-corrected chi connectivity index (χ0v) is 11.1. The summed E-state index contributed by atoms with van der Waals surface area (Å²) in [4.78, 5) is 22.3. The summed E-state index contributed by atoms with van der Waals surface area (Å²) in [6.45, 7) is 1.62. The number of alkyl carbamates (subject to hydrolysis) is 1. The molecule has 1 aromatic heterocycles. The Hall–Kier alpha value is -2.41. The lowest BCUT2D eigenvalue weighted by molar-refractivity contribution is -0.384.